The van der Waals surface area contributed by atoms with Crippen LogP contribution in [0.2, 0.25) is 0 Å². The van der Waals surface area contributed by atoms with Gasteiger partial charge in [0.05, 0.1) is 58.6 Å². The topological polar surface area (TPSA) is 130 Å². The van der Waals surface area contributed by atoms with Crippen LogP contribution < -0.4 is 23.7 Å². The minimum absolute atomic E-state index is 0.0480. The summed E-state index contributed by atoms with van der Waals surface area (Å²) in [7, 11) is 0.718. The lowest BCUT2D eigenvalue weighted by Crippen LogP contribution is -2.19. The summed E-state index contributed by atoms with van der Waals surface area (Å²) in [6, 6.07) is 6.99. The van der Waals surface area contributed by atoms with Gasteiger partial charge in [0.15, 0.2) is 32.8 Å². The highest BCUT2D eigenvalue weighted by Crippen LogP contribution is 2.48. The molecule has 1 heterocycles. The molecular weight excluding hydrogens is 528 g/mol. The van der Waals surface area contributed by atoms with Crippen LogP contribution in [0.5, 0.6) is 28.7 Å². The van der Waals surface area contributed by atoms with Crippen LogP contribution in [-0.4, -0.2) is 71.6 Å². The third-order valence-corrected chi connectivity index (χ3v) is 8.19. The minimum Gasteiger partial charge on any atom is -0.493 e. The van der Waals surface area contributed by atoms with Crippen LogP contribution in [0.15, 0.2) is 29.2 Å². The molecule has 0 saturated carbocycles. The van der Waals surface area contributed by atoms with E-state index in [1.165, 1.54) is 6.92 Å². The molecule has 2 unspecified atom stereocenters. The number of rotatable bonds is 15. The van der Waals surface area contributed by atoms with E-state index in [2.05, 4.69) is 0 Å². The third-order valence-electron chi connectivity index (χ3n) is 6.30. The first-order valence-corrected chi connectivity index (χ1v) is 14.7. The summed E-state index contributed by atoms with van der Waals surface area (Å²) in [6.45, 7) is 3.74. The van der Waals surface area contributed by atoms with Gasteiger partial charge in [-0.2, -0.15) is 0 Å². The van der Waals surface area contributed by atoms with Crippen molar-refractivity contribution in [2.75, 3.05) is 46.9 Å². The van der Waals surface area contributed by atoms with Crippen LogP contribution >= 0.6 is 0 Å². The number of hydrogen-bond acceptors (Lipinski definition) is 10. The first kappa shape index (κ1) is 30.8. The number of sulfone groups is 1. The van der Waals surface area contributed by atoms with Gasteiger partial charge in [-0.15, -0.1) is 0 Å². The minimum atomic E-state index is -3.92. The Morgan fingerprint density at radius 2 is 1.49 bits per heavy atom. The highest BCUT2D eigenvalue weighted by Gasteiger charge is 2.33. The molecule has 1 aliphatic rings. The molecule has 218 valence electrons. The maximum Gasteiger partial charge on any atom is 0.203 e. The van der Waals surface area contributed by atoms with Gasteiger partial charge in [0.1, 0.15) is 4.90 Å². The first-order valence-electron chi connectivity index (χ1n) is 13.1. The van der Waals surface area contributed by atoms with Crippen LogP contribution in [0, 0.1) is 0 Å². The lowest BCUT2D eigenvalue weighted by Gasteiger charge is -2.21. The molecule has 0 bridgehead atoms. The molecule has 11 heteroatoms. The van der Waals surface area contributed by atoms with E-state index < -0.39 is 27.8 Å². The van der Waals surface area contributed by atoms with Crippen molar-refractivity contribution in [3.63, 3.8) is 0 Å². The van der Waals surface area contributed by atoms with E-state index in [1.807, 2.05) is 19.1 Å². The highest BCUT2D eigenvalue weighted by atomic mass is 32.2. The van der Waals surface area contributed by atoms with Crippen LogP contribution in [0.1, 0.15) is 62.9 Å². The fraction of sp³-hybridized carbons (Fsp3) is 0.571. The number of hydrogen-bond donors (Lipinski definition) is 2. The molecule has 1 fully saturated rings. The van der Waals surface area contributed by atoms with E-state index in [9.17, 15) is 18.6 Å². The van der Waals surface area contributed by atoms with Gasteiger partial charge in [0, 0.05) is 13.0 Å². The number of methoxy groups -OCH3 is 3. The summed E-state index contributed by atoms with van der Waals surface area (Å²) >= 11 is 0. The van der Waals surface area contributed by atoms with Gasteiger partial charge < -0.3 is 38.6 Å². The van der Waals surface area contributed by atoms with Crippen molar-refractivity contribution in [1.82, 2.24) is 0 Å². The predicted octanol–water partition coefficient (Wildman–Crippen LogP) is 4.01. The second-order valence-electron chi connectivity index (χ2n) is 9.40. The molecule has 0 aliphatic carbocycles. The molecule has 1 saturated heterocycles. The third kappa shape index (κ3) is 7.47. The molecule has 3 rings (SSSR count). The Kier molecular flexibility index (Phi) is 11.1. The Hall–Kier alpha value is -2.73. The second kappa shape index (κ2) is 14.1. The molecule has 0 spiro atoms. The summed E-state index contributed by atoms with van der Waals surface area (Å²) in [6.07, 6.45) is 0.553. The summed E-state index contributed by atoms with van der Waals surface area (Å²) in [5, 5.41) is 19.1. The summed E-state index contributed by atoms with van der Waals surface area (Å²) < 4.78 is 61.3. The van der Waals surface area contributed by atoms with E-state index in [4.69, 9.17) is 28.4 Å². The molecule has 10 nitrogen and oxygen atoms in total. The normalized spacial score (nSPS) is 18.0. The van der Waals surface area contributed by atoms with Crippen LogP contribution in [0.3, 0.4) is 0 Å². The first-order chi connectivity index (χ1) is 18.7. The van der Waals surface area contributed by atoms with Crippen molar-refractivity contribution in [2.24, 2.45) is 0 Å². The van der Waals surface area contributed by atoms with E-state index in [1.54, 1.807) is 33.5 Å². The lowest BCUT2D eigenvalue weighted by molar-refractivity contribution is 0.0434. The van der Waals surface area contributed by atoms with Crippen molar-refractivity contribution in [3.05, 3.63) is 35.4 Å². The molecule has 39 heavy (non-hydrogen) atoms. The van der Waals surface area contributed by atoms with Crippen molar-refractivity contribution in [3.8, 4) is 28.7 Å². The van der Waals surface area contributed by atoms with Crippen molar-refractivity contribution in [2.45, 2.75) is 62.7 Å². The van der Waals surface area contributed by atoms with Crippen LogP contribution in [0.4, 0.5) is 0 Å². The average Bonchev–Trinajstić information content (AvgIpc) is 3.41. The zero-order valence-corrected chi connectivity index (χ0v) is 24.1. The zero-order valence-electron chi connectivity index (χ0n) is 23.3. The quantitative estimate of drug-likeness (QED) is 0.304. The molecule has 0 amide bonds. The second-order valence-corrected chi connectivity index (χ2v) is 11.4. The molecular formula is C28H40O10S. The Labute approximate surface area is 230 Å². The SMILES string of the molecule is CCCOc1c(OCCCO)cc(C2CCC(c3cc(OC)c(OC)c(OC)c3)O2)cc1S(=O)(=O)C[C@H](C)O. The zero-order chi connectivity index (χ0) is 28.6. The fourth-order valence-electron chi connectivity index (χ4n) is 4.54. The molecule has 2 aromatic carbocycles. The predicted molar refractivity (Wildman–Crippen MR) is 145 cm³/mol. The van der Waals surface area contributed by atoms with Gasteiger partial charge in [-0.05, 0) is 61.6 Å². The lowest BCUT2D eigenvalue weighted by atomic mass is 10.0. The number of ether oxygens (including phenoxy) is 6. The number of benzene rings is 2. The average molecular weight is 569 g/mol. The van der Waals surface area contributed by atoms with Gasteiger partial charge >= 0.3 is 0 Å². The fourth-order valence-corrected chi connectivity index (χ4v) is 6.11. The van der Waals surface area contributed by atoms with Gasteiger partial charge in [-0.3, -0.25) is 0 Å². The van der Waals surface area contributed by atoms with Gasteiger partial charge in [0.25, 0.3) is 0 Å². The maximum absolute atomic E-state index is 13.3. The standard InChI is InChI=1S/C28H40O10S/c1-6-11-37-28-25(36-12-7-10-29)15-20(16-26(28)39(31,32)17-18(2)30)22-9-8-21(38-22)19-13-23(33-3)27(35-5)24(14-19)34-4/h13-16,18,21-22,29-30H,6-12,17H2,1-5H3/t18-,21?,22?/m0/s1. The summed E-state index contributed by atoms with van der Waals surface area (Å²) in [5.41, 5.74) is 1.47. The monoisotopic (exact) mass is 568 g/mol. The van der Waals surface area contributed by atoms with Crippen molar-refractivity contribution >= 4 is 9.84 Å². The molecule has 3 atom stereocenters. The van der Waals surface area contributed by atoms with E-state index in [0.29, 0.717) is 48.5 Å². The van der Waals surface area contributed by atoms with E-state index >= 15 is 0 Å². The maximum atomic E-state index is 13.3. The molecule has 2 N–H and O–H groups in total. The summed E-state index contributed by atoms with van der Waals surface area (Å²) in [5.74, 6) is 1.43. The van der Waals surface area contributed by atoms with Crippen LogP contribution in [-0.2, 0) is 14.6 Å². The van der Waals surface area contributed by atoms with Gasteiger partial charge in [-0.25, -0.2) is 8.42 Å². The van der Waals surface area contributed by atoms with Gasteiger partial charge in [0.2, 0.25) is 5.75 Å². The number of aliphatic hydroxyl groups excluding tert-OH is 2. The highest BCUT2D eigenvalue weighted by molar-refractivity contribution is 7.91. The van der Waals surface area contributed by atoms with Crippen molar-refractivity contribution < 1.29 is 47.1 Å². The number of aliphatic hydroxyl groups is 2. The molecule has 0 radical (unpaired) electrons. The Bertz CT molecular complexity index is 1170. The van der Waals surface area contributed by atoms with Crippen molar-refractivity contribution in [1.29, 1.82) is 0 Å². The van der Waals surface area contributed by atoms with Gasteiger partial charge in [-0.1, -0.05) is 6.92 Å². The van der Waals surface area contributed by atoms with Crippen LogP contribution in [0.25, 0.3) is 0 Å². The Morgan fingerprint density at radius 3 is 2.00 bits per heavy atom. The largest absolute Gasteiger partial charge is 0.493 e. The molecule has 1 aliphatic heterocycles. The Morgan fingerprint density at radius 1 is 0.897 bits per heavy atom. The molecule has 0 aromatic heterocycles. The Balaban J connectivity index is 2.03. The van der Waals surface area contributed by atoms with E-state index in [-0.39, 0.29) is 42.3 Å². The smallest absolute Gasteiger partial charge is 0.203 e. The van der Waals surface area contributed by atoms with E-state index in [0.717, 1.165) is 5.56 Å². The summed E-state index contributed by atoms with van der Waals surface area (Å²) in [4.78, 5) is -0.0480. The molecule has 2 aromatic rings.